The molecule has 2 unspecified atom stereocenters. The summed E-state index contributed by atoms with van der Waals surface area (Å²) in [5.74, 6) is 0. The lowest BCUT2D eigenvalue weighted by molar-refractivity contribution is -0.0819. The Morgan fingerprint density at radius 3 is 2.56 bits per heavy atom. The smallest absolute Gasteiger partial charge is 0.343 e. The number of carbonyl (C=O) groups is 1. The molecule has 1 saturated heterocycles. The van der Waals surface area contributed by atoms with Crippen LogP contribution in [0.4, 0.5) is 4.79 Å². The maximum atomic E-state index is 11.5. The predicted octanol–water partition coefficient (Wildman–Crippen LogP) is -1.30. The first-order chi connectivity index (χ1) is 8.43. The van der Waals surface area contributed by atoms with Crippen molar-refractivity contribution in [2.24, 2.45) is 5.29 Å². The van der Waals surface area contributed by atoms with E-state index in [4.69, 9.17) is 21.4 Å². The Labute approximate surface area is 107 Å². The SMILES string of the molecule is CC(Cl)N(C(=O)NN=O)C1O[C@H](CO)[C@@H](O)[C@H]1O. The molecular formula is C8H14ClN3O6. The van der Waals surface area contributed by atoms with Crippen LogP contribution in [0.25, 0.3) is 0 Å². The summed E-state index contributed by atoms with van der Waals surface area (Å²) in [6.45, 7) is 0.869. The van der Waals surface area contributed by atoms with Crippen LogP contribution in [0.2, 0.25) is 0 Å². The number of aliphatic hydroxyl groups is 3. The summed E-state index contributed by atoms with van der Waals surface area (Å²) in [5, 5.41) is 30.4. The summed E-state index contributed by atoms with van der Waals surface area (Å²) in [7, 11) is 0. The number of hydrogen-bond donors (Lipinski definition) is 4. The molecule has 1 aliphatic rings. The number of rotatable bonds is 4. The topological polar surface area (TPSA) is 132 Å². The van der Waals surface area contributed by atoms with Gasteiger partial charge in [-0.2, -0.15) is 5.43 Å². The van der Waals surface area contributed by atoms with Gasteiger partial charge in [0, 0.05) is 0 Å². The van der Waals surface area contributed by atoms with Crippen LogP contribution >= 0.6 is 11.6 Å². The molecule has 0 aromatic heterocycles. The van der Waals surface area contributed by atoms with Crippen molar-refractivity contribution in [1.29, 1.82) is 0 Å². The number of hydrogen-bond acceptors (Lipinski definition) is 7. The van der Waals surface area contributed by atoms with Gasteiger partial charge in [-0.25, -0.2) is 4.79 Å². The fraction of sp³-hybridized carbons (Fsp3) is 0.875. The minimum absolute atomic E-state index is 0.535. The summed E-state index contributed by atoms with van der Waals surface area (Å²) in [6.07, 6.45) is -5.15. The van der Waals surface area contributed by atoms with Crippen LogP contribution in [0.5, 0.6) is 0 Å². The average Bonchev–Trinajstić information content (AvgIpc) is 2.57. The molecule has 9 nitrogen and oxygen atoms in total. The summed E-state index contributed by atoms with van der Waals surface area (Å²) >= 11 is 5.74. The van der Waals surface area contributed by atoms with Gasteiger partial charge in [0.1, 0.15) is 23.8 Å². The van der Waals surface area contributed by atoms with E-state index in [-0.39, 0.29) is 0 Å². The van der Waals surface area contributed by atoms with Crippen molar-refractivity contribution in [3.8, 4) is 0 Å². The molecule has 1 heterocycles. The van der Waals surface area contributed by atoms with E-state index in [0.29, 0.717) is 0 Å². The zero-order valence-electron chi connectivity index (χ0n) is 9.43. The Balaban J connectivity index is 2.87. The lowest BCUT2D eigenvalue weighted by Gasteiger charge is -2.31. The van der Waals surface area contributed by atoms with E-state index in [1.54, 1.807) is 5.43 Å². The number of nitrogens with one attached hydrogen (secondary N) is 1. The molecule has 1 aliphatic heterocycles. The van der Waals surface area contributed by atoms with E-state index in [9.17, 15) is 19.9 Å². The van der Waals surface area contributed by atoms with E-state index in [1.165, 1.54) is 6.92 Å². The van der Waals surface area contributed by atoms with E-state index in [1.807, 2.05) is 0 Å². The Morgan fingerprint density at radius 1 is 1.56 bits per heavy atom. The summed E-state index contributed by atoms with van der Waals surface area (Å²) in [4.78, 5) is 22.3. The van der Waals surface area contributed by atoms with Crippen LogP contribution < -0.4 is 5.43 Å². The van der Waals surface area contributed by atoms with E-state index >= 15 is 0 Å². The van der Waals surface area contributed by atoms with Crippen molar-refractivity contribution in [2.45, 2.75) is 37.0 Å². The van der Waals surface area contributed by atoms with Gasteiger partial charge in [0.15, 0.2) is 6.23 Å². The highest BCUT2D eigenvalue weighted by Crippen LogP contribution is 2.26. The molecule has 0 aliphatic carbocycles. The summed E-state index contributed by atoms with van der Waals surface area (Å²) in [5.41, 5.74) is 0.675. The Kier molecular flexibility index (Phi) is 5.23. The first-order valence-corrected chi connectivity index (χ1v) is 5.54. The van der Waals surface area contributed by atoms with E-state index < -0.39 is 42.7 Å². The number of urea groups is 1. The van der Waals surface area contributed by atoms with Crippen LogP contribution in [0.3, 0.4) is 0 Å². The average molecular weight is 284 g/mol. The fourth-order valence-corrected chi connectivity index (χ4v) is 1.89. The minimum atomic E-state index is -1.46. The first-order valence-electron chi connectivity index (χ1n) is 5.11. The third-order valence-corrected chi connectivity index (χ3v) is 2.76. The molecule has 0 aromatic carbocycles. The molecule has 0 radical (unpaired) electrons. The van der Waals surface area contributed by atoms with Gasteiger partial charge in [-0.15, -0.1) is 4.91 Å². The predicted molar refractivity (Wildman–Crippen MR) is 59.2 cm³/mol. The number of alkyl halides is 1. The second kappa shape index (κ2) is 6.25. The second-order valence-corrected chi connectivity index (χ2v) is 4.35. The number of aliphatic hydroxyl groups excluding tert-OH is 3. The van der Waals surface area contributed by atoms with Gasteiger partial charge in [-0.1, -0.05) is 11.6 Å². The quantitative estimate of drug-likeness (QED) is 0.219. The molecule has 5 atom stereocenters. The lowest BCUT2D eigenvalue weighted by Crippen LogP contribution is -2.52. The highest BCUT2D eigenvalue weighted by molar-refractivity contribution is 6.21. The molecule has 0 bridgehead atoms. The fourth-order valence-electron chi connectivity index (χ4n) is 1.69. The minimum Gasteiger partial charge on any atom is -0.394 e. The van der Waals surface area contributed by atoms with Gasteiger partial charge in [0.2, 0.25) is 0 Å². The van der Waals surface area contributed by atoms with Gasteiger partial charge >= 0.3 is 6.03 Å². The van der Waals surface area contributed by atoms with Crippen molar-refractivity contribution in [1.82, 2.24) is 10.3 Å². The first kappa shape index (κ1) is 15.1. The highest BCUT2D eigenvalue weighted by Gasteiger charge is 2.47. The van der Waals surface area contributed by atoms with Crippen LogP contribution in [0.1, 0.15) is 6.92 Å². The molecule has 10 heteroatoms. The number of nitroso groups, excluding NO2 is 1. The number of halogens is 1. The number of amides is 2. The maximum absolute atomic E-state index is 11.5. The van der Waals surface area contributed by atoms with Crippen molar-refractivity contribution < 1.29 is 24.9 Å². The van der Waals surface area contributed by atoms with Crippen LogP contribution in [-0.2, 0) is 4.74 Å². The van der Waals surface area contributed by atoms with Crippen molar-refractivity contribution in [3.05, 3.63) is 4.91 Å². The van der Waals surface area contributed by atoms with E-state index in [2.05, 4.69) is 5.29 Å². The number of nitrogens with zero attached hydrogens (tertiary/aromatic N) is 2. The molecule has 1 rings (SSSR count). The second-order valence-electron chi connectivity index (χ2n) is 3.72. The monoisotopic (exact) mass is 283 g/mol. The van der Waals surface area contributed by atoms with Gasteiger partial charge in [0.05, 0.1) is 11.9 Å². The van der Waals surface area contributed by atoms with Crippen molar-refractivity contribution in [2.75, 3.05) is 6.61 Å². The highest BCUT2D eigenvalue weighted by atomic mass is 35.5. The van der Waals surface area contributed by atoms with E-state index in [0.717, 1.165) is 4.90 Å². The third-order valence-electron chi connectivity index (χ3n) is 2.55. The standard InChI is InChI=1S/C8H14ClN3O6/c1-3(9)12(8(16)10-11-17)7-6(15)5(14)4(2-13)18-7/h3-7,13-15H,2H2,1H3,(H,10,16,17)/t3?,4-,5-,6-,7?/m1/s1. The summed E-state index contributed by atoms with van der Waals surface area (Å²) < 4.78 is 5.11. The summed E-state index contributed by atoms with van der Waals surface area (Å²) in [6, 6.07) is -0.984. The number of ether oxygens (including phenoxy) is 1. The molecule has 18 heavy (non-hydrogen) atoms. The number of carbonyl (C=O) groups excluding carboxylic acids is 1. The molecule has 4 N–H and O–H groups in total. The van der Waals surface area contributed by atoms with Crippen LogP contribution in [0, 0.1) is 4.91 Å². The zero-order chi connectivity index (χ0) is 13.9. The molecule has 104 valence electrons. The largest absolute Gasteiger partial charge is 0.394 e. The van der Waals surface area contributed by atoms with Crippen molar-refractivity contribution >= 4 is 17.6 Å². The van der Waals surface area contributed by atoms with Gasteiger partial charge < -0.3 is 20.1 Å². The van der Waals surface area contributed by atoms with Crippen LogP contribution in [0.15, 0.2) is 5.29 Å². The van der Waals surface area contributed by atoms with Crippen LogP contribution in [-0.4, -0.2) is 62.9 Å². The van der Waals surface area contributed by atoms with Crippen molar-refractivity contribution in [3.63, 3.8) is 0 Å². The molecule has 0 spiro atoms. The third kappa shape index (κ3) is 2.87. The Bertz CT molecular complexity index is 317. The zero-order valence-corrected chi connectivity index (χ0v) is 10.2. The van der Waals surface area contributed by atoms with Gasteiger partial charge in [-0.3, -0.25) is 4.90 Å². The molecular weight excluding hydrogens is 270 g/mol. The normalized spacial score (nSPS) is 32.9. The Morgan fingerprint density at radius 2 is 2.17 bits per heavy atom. The van der Waals surface area contributed by atoms with Gasteiger partial charge in [0.25, 0.3) is 0 Å². The molecule has 2 amide bonds. The molecule has 0 saturated carbocycles. The lowest BCUT2D eigenvalue weighted by atomic mass is 10.1. The molecule has 1 fully saturated rings. The van der Waals surface area contributed by atoms with Gasteiger partial charge in [-0.05, 0) is 6.92 Å². The maximum Gasteiger partial charge on any atom is 0.343 e. The Hall–Kier alpha value is -1.00. The molecule has 0 aromatic rings.